The molecule has 0 unspecified atom stereocenters. The van der Waals surface area contributed by atoms with Gasteiger partial charge in [0.2, 0.25) is 0 Å². The van der Waals surface area contributed by atoms with E-state index in [-0.39, 0.29) is 6.54 Å². The quantitative estimate of drug-likeness (QED) is 0.882. The molecule has 16 heavy (non-hydrogen) atoms. The zero-order valence-electron chi connectivity index (χ0n) is 8.89. The van der Waals surface area contributed by atoms with E-state index < -0.39 is 14.6 Å². The molecule has 2 rings (SSSR count). The van der Waals surface area contributed by atoms with Crippen LogP contribution >= 0.6 is 11.3 Å². The lowest BCUT2D eigenvalue weighted by Crippen LogP contribution is -2.49. The van der Waals surface area contributed by atoms with Gasteiger partial charge in [0.15, 0.2) is 9.84 Å². The van der Waals surface area contributed by atoms with Crippen LogP contribution < -0.4 is 5.73 Å². The maximum absolute atomic E-state index is 12.5. The summed E-state index contributed by atoms with van der Waals surface area (Å²) in [5.74, 6) is 0. The fraction of sp³-hybridized carbons (Fsp3) is 0.600. The van der Waals surface area contributed by atoms with Gasteiger partial charge in [-0.25, -0.2) is 8.42 Å². The number of ether oxygens (including phenoxy) is 1. The molecule has 6 heteroatoms. The van der Waals surface area contributed by atoms with E-state index in [0.29, 0.717) is 30.3 Å². The molecule has 0 aliphatic carbocycles. The minimum atomic E-state index is -3.32. The fourth-order valence-corrected chi connectivity index (χ4v) is 5.22. The van der Waals surface area contributed by atoms with Crippen molar-refractivity contribution in [3.8, 4) is 0 Å². The maximum atomic E-state index is 12.5. The van der Waals surface area contributed by atoms with Crippen LogP contribution in [-0.2, 0) is 14.6 Å². The van der Waals surface area contributed by atoms with Crippen molar-refractivity contribution in [3.63, 3.8) is 0 Å². The Bertz CT molecular complexity index is 433. The van der Waals surface area contributed by atoms with E-state index in [1.165, 1.54) is 11.3 Å². The second kappa shape index (κ2) is 4.44. The van der Waals surface area contributed by atoms with E-state index in [1.54, 1.807) is 17.5 Å². The third-order valence-electron chi connectivity index (χ3n) is 3.11. The summed E-state index contributed by atoms with van der Waals surface area (Å²) in [7, 11) is -3.32. The van der Waals surface area contributed by atoms with Crippen LogP contribution in [0.4, 0.5) is 0 Å². The van der Waals surface area contributed by atoms with Crippen molar-refractivity contribution in [2.75, 3.05) is 19.8 Å². The Morgan fingerprint density at radius 3 is 2.62 bits per heavy atom. The van der Waals surface area contributed by atoms with Gasteiger partial charge in [-0.15, -0.1) is 11.3 Å². The molecule has 1 aromatic rings. The molecule has 0 bridgehead atoms. The Morgan fingerprint density at radius 1 is 1.44 bits per heavy atom. The summed E-state index contributed by atoms with van der Waals surface area (Å²) in [5.41, 5.74) is 5.70. The number of thiophene rings is 1. The molecule has 0 saturated carbocycles. The smallest absolute Gasteiger partial charge is 0.194 e. The van der Waals surface area contributed by atoms with Gasteiger partial charge in [-0.1, -0.05) is 6.07 Å². The summed E-state index contributed by atoms with van der Waals surface area (Å²) in [6, 6.07) is 3.40. The molecule has 2 heterocycles. The van der Waals surface area contributed by atoms with E-state index >= 15 is 0 Å². The molecule has 1 fully saturated rings. The van der Waals surface area contributed by atoms with Gasteiger partial charge in [0.1, 0.15) is 4.21 Å². The van der Waals surface area contributed by atoms with Gasteiger partial charge in [-0.2, -0.15) is 0 Å². The fourth-order valence-electron chi connectivity index (χ4n) is 1.96. The van der Waals surface area contributed by atoms with E-state index in [2.05, 4.69) is 0 Å². The van der Waals surface area contributed by atoms with E-state index in [1.807, 2.05) is 0 Å². The first-order valence-corrected chi connectivity index (χ1v) is 7.55. The number of hydrogen-bond donors (Lipinski definition) is 1. The monoisotopic (exact) mass is 261 g/mol. The highest BCUT2D eigenvalue weighted by Gasteiger charge is 2.45. The lowest BCUT2D eigenvalue weighted by molar-refractivity contribution is 0.0766. The molecule has 1 aromatic heterocycles. The highest BCUT2D eigenvalue weighted by Crippen LogP contribution is 2.35. The molecule has 90 valence electrons. The van der Waals surface area contributed by atoms with Crippen molar-refractivity contribution in [2.45, 2.75) is 21.8 Å². The molecular weight excluding hydrogens is 246 g/mol. The van der Waals surface area contributed by atoms with Crippen LogP contribution in [0, 0.1) is 0 Å². The molecule has 1 saturated heterocycles. The lowest BCUT2D eigenvalue weighted by Gasteiger charge is -2.34. The van der Waals surface area contributed by atoms with Crippen LogP contribution in [0.25, 0.3) is 0 Å². The van der Waals surface area contributed by atoms with Crippen molar-refractivity contribution in [1.29, 1.82) is 0 Å². The molecule has 2 N–H and O–H groups in total. The first kappa shape index (κ1) is 12.0. The van der Waals surface area contributed by atoms with Gasteiger partial charge >= 0.3 is 0 Å². The Labute approximate surface area is 99.3 Å². The summed E-state index contributed by atoms with van der Waals surface area (Å²) in [6.07, 6.45) is 0.980. The molecule has 0 aromatic carbocycles. The number of nitrogens with two attached hydrogens (primary N) is 1. The lowest BCUT2D eigenvalue weighted by atomic mass is 9.99. The standard InChI is InChI=1S/C10H15NO3S2/c11-8-10(3-5-14-6-4-10)16(12,13)9-2-1-7-15-9/h1-2,7H,3-6,8,11H2. The van der Waals surface area contributed by atoms with Gasteiger partial charge in [-0.05, 0) is 24.3 Å². The Hall–Kier alpha value is -0.430. The van der Waals surface area contributed by atoms with Gasteiger partial charge < -0.3 is 10.5 Å². The van der Waals surface area contributed by atoms with Crippen LogP contribution in [0.15, 0.2) is 21.7 Å². The molecular formula is C10H15NO3S2. The minimum absolute atomic E-state index is 0.163. The van der Waals surface area contributed by atoms with Crippen LogP contribution in [0.2, 0.25) is 0 Å². The highest BCUT2D eigenvalue weighted by atomic mass is 32.2. The number of sulfone groups is 1. The largest absolute Gasteiger partial charge is 0.381 e. The van der Waals surface area contributed by atoms with E-state index in [0.717, 1.165) is 0 Å². The summed E-state index contributed by atoms with van der Waals surface area (Å²) < 4.78 is 29.8. The van der Waals surface area contributed by atoms with Crippen molar-refractivity contribution in [3.05, 3.63) is 17.5 Å². The predicted molar refractivity (Wildman–Crippen MR) is 63.3 cm³/mol. The molecule has 4 nitrogen and oxygen atoms in total. The summed E-state index contributed by atoms with van der Waals surface area (Å²) in [6.45, 7) is 1.11. The zero-order valence-corrected chi connectivity index (χ0v) is 10.5. The summed E-state index contributed by atoms with van der Waals surface area (Å²) in [4.78, 5) is 0. The summed E-state index contributed by atoms with van der Waals surface area (Å²) >= 11 is 1.25. The van der Waals surface area contributed by atoms with Gasteiger partial charge in [0.25, 0.3) is 0 Å². The first-order chi connectivity index (χ1) is 7.62. The summed E-state index contributed by atoms with van der Waals surface area (Å²) in [5, 5.41) is 1.77. The van der Waals surface area contributed by atoms with E-state index in [9.17, 15) is 8.42 Å². The average Bonchev–Trinajstić information content (AvgIpc) is 2.84. The van der Waals surface area contributed by atoms with Gasteiger partial charge in [0, 0.05) is 19.8 Å². The topological polar surface area (TPSA) is 69.4 Å². The molecule has 0 spiro atoms. The van der Waals surface area contributed by atoms with Crippen LogP contribution in [0.3, 0.4) is 0 Å². The third kappa shape index (κ3) is 1.79. The Morgan fingerprint density at radius 2 is 2.12 bits per heavy atom. The minimum Gasteiger partial charge on any atom is -0.381 e. The second-order valence-corrected chi connectivity index (χ2v) is 7.45. The Balaban J connectivity index is 2.41. The molecule has 1 aliphatic rings. The highest BCUT2D eigenvalue weighted by molar-refractivity contribution is 7.94. The zero-order chi connectivity index (χ0) is 11.6. The first-order valence-electron chi connectivity index (χ1n) is 5.18. The third-order valence-corrected chi connectivity index (χ3v) is 7.10. The predicted octanol–water partition coefficient (Wildman–Crippen LogP) is 1.03. The van der Waals surface area contributed by atoms with Crippen molar-refractivity contribution < 1.29 is 13.2 Å². The number of hydrogen-bond acceptors (Lipinski definition) is 5. The SMILES string of the molecule is NCC1(S(=O)(=O)c2cccs2)CCOCC1. The van der Waals surface area contributed by atoms with Gasteiger partial charge in [-0.3, -0.25) is 0 Å². The van der Waals surface area contributed by atoms with Crippen LogP contribution in [0.1, 0.15) is 12.8 Å². The van der Waals surface area contributed by atoms with Gasteiger partial charge in [0.05, 0.1) is 4.75 Å². The van der Waals surface area contributed by atoms with Crippen LogP contribution in [0.5, 0.6) is 0 Å². The second-order valence-electron chi connectivity index (χ2n) is 3.94. The molecule has 0 amide bonds. The van der Waals surface area contributed by atoms with Crippen molar-refractivity contribution >= 4 is 21.2 Å². The van der Waals surface area contributed by atoms with Crippen molar-refractivity contribution in [1.82, 2.24) is 0 Å². The number of rotatable bonds is 3. The van der Waals surface area contributed by atoms with Crippen molar-refractivity contribution in [2.24, 2.45) is 5.73 Å². The van der Waals surface area contributed by atoms with E-state index in [4.69, 9.17) is 10.5 Å². The Kier molecular flexibility index (Phi) is 3.34. The molecule has 0 atom stereocenters. The average molecular weight is 261 g/mol. The molecule has 1 aliphatic heterocycles. The maximum Gasteiger partial charge on any atom is 0.194 e. The molecule has 0 radical (unpaired) electrons. The van der Waals surface area contributed by atoms with Crippen LogP contribution in [-0.4, -0.2) is 32.9 Å². The normalized spacial score (nSPS) is 20.8.